The molecule has 33 heavy (non-hydrogen) atoms. The van der Waals surface area contributed by atoms with Gasteiger partial charge in [-0.15, -0.1) is 11.3 Å². The van der Waals surface area contributed by atoms with Crippen LogP contribution in [0, 0.1) is 16.7 Å². The summed E-state index contributed by atoms with van der Waals surface area (Å²) in [5, 5.41) is 14.1. The van der Waals surface area contributed by atoms with E-state index in [1.54, 1.807) is 11.3 Å². The zero-order valence-corrected chi connectivity index (χ0v) is 20.5. The molecular formula is C26H32N6S. The van der Waals surface area contributed by atoms with Gasteiger partial charge in [0.15, 0.2) is 5.82 Å². The Morgan fingerprint density at radius 3 is 2.67 bits per heavy atom. The molecule has 3 aromatic rings. The van der Waals surface area contributed by atoms with E-state index in [1.165, 1.54) is 5.01 Å². The van der Waals surface area contributed by atoms with Crippen molar-refractivity contribution in [2.45, 2.75) is 71.6 Å². The first-order valence-corrected chi connectivity index (χ1v) is 12.6. The van der Waals surface area contributed by atoms with Gasteiger partial charge in [-0.2, -0.15) is 5.26 Å². The molecule has 3 aromatic heterocycles. The molecule has 3 heterocycles. The summed E-state index contributed by atoms with van der Waals surface area (Å²) >= 11 is 1.73. The molecule has 1 aliphatic rings. The van der Waals surface area contributed by atoms with Crippen molar-refractivity contribution in [1.82, 2.24) is 15.0 Å². The molecule has 3 N–H and O–H groups in total. The van der Waals surface area contributed by atoms with Gasteiger partial charge in [0.25, 0.3) is 0 Å². The van der Waals surface area contributed by atoms with E-state index in [-0.39, 0.29) is 5.41 Å². The van der Waals surface area contributed by atoms with Gasteiger partial charge < -0.3 is 11.1 Å². The molecule has 7 heteroatoms. The Kier molecular flexibility index (Phi) is 6.94. The topological polar surface area (TPSA) is 101 Å². The lowest BCUT2D eigenvalue weighted by Crippen LogP contribution is -2.17. The number of nitrogen functional groups attached to an aromatic ring is 1. The van der Waals surface area contributed by atoms with Crippen molar-refractivity contribution >= 4 is 45.0 Å². The molecule has 4 rings (SSSR count). The molecule has 0 aromatic carbocycles. The molecule has 1 saturated carbocycles. The summed E-state index contributed by atoms with van der Waals surface area (Å²) in [7, 11) is 0. The lowest BCUT2D eigenvalue weighted by molar-refractivity contribution is 0.304. The van der Waals surface area contributed by atoms with Gasteiger partial charge in [0.2, 0.25) is 0 Å². The molecule has 1 aliphatic carbocycles. The van der Waals surface area contributed by atoms with Crippen LogP contribution in [0.15, 0.2) is 24.5 Å². The summed E-state index contributed by atoms with van der Waals surface area (Å²) in [4.78, 5) is 14.3. The second-order valence-electron chi connectivity index (χ2n) is 9.19. The average molecular weight is 461 g/mol. The third-order valence-electron chi connectivity index (χ3n) is 6.64. The number of allylic oxidation sites excluding steroid dienone is 1. The lowest BCUT2D eigenvalue weighted by atomic mass is 9.77. The molecule has 0 spiro atoms. The van der Waals surface area contributed by atoms with Gasteiger partial charge >= 0.3 is 0 Å². The first-order valence-electron chi connectivity index (χ1n) is 11.8. The number of nitrogens with one attached hydrogen (secondary N) is 1. The summed E-state index contributed by atoms with van der Waals surface area (Å²) in [6, 6.07) is 4.41. The molecule has 0 bridgehead atoms. The Labute approximate surface area is 200 Å². The van der Waals surface area contributed by atoms with Crippen molar-refractivity contribution in [1.29, 1.82) is 5.26 Å². The number of nitriles is 1. The number of nitrogens with two attached hydrogens (primary N) is 1. The molecule has 0 aliphatic heterocycles. The molecule has 0 unspecified atom stereocenters. The SMILES string of the molecule is CC=Cc1cnc(Nc2cc(N)c(CC)cn2)c2sc(C3CCCC(C)(C#N)CCC3)nc12. The fourth-order valence-electron chi connectivity index (χ4n) is 4.60. The Morgan fingerprint density at radius 2 is 2.03 bits per heavy atom. The molecule has 6 nitrogen and oxygen atoms in total. The van der Waals surface area contributed by atoms with Crippen molar-refractivity contribution in [3.8, 4) is 6.07 Å². The van der Waals surface area contributed by atoms with Crippen LogP contribution in [-0.2, 0) is 6.42 Å². The van der Waals surface area contributed by atoms with E-state index >= 15 is 0 Å². The number of rotatable bonds is 5. The first-order chi connectivity index (χ1) is 16.0. The monoisotopic (exact) mass is 460 g/mol. The van der Waals surface area contributed by atoms with Crippen LogP contribution in [0.5, 0.6) is 0 Å². The van der Waals surface area contributed by atoms with E-state index in [1.807, 2.05) is 31.5 Å². The lowest BCUT2D eigenvalue weighted by Gasteiger charge is -2.26. The molecule has 1 fully saturated rings. The van der Waals surface area contributed by atoms with E-state index in [9.17, 15) is 5.26 Å². The van der Waals surface area contributed by atoms with E-state index in [0.717, 1.165) is 77.8 Å². The number of thiazole rings is 1. The maximum Gasteiger partial charge on any atom is 0.151 e. The van der Waals surface area contributed by atoms with E-state index < -0.39 is 0 Å². The summed E-state index contributed by atoms with van der Waals surface area (Å²) < 4.78 is 1.05. The van der Waals surface area contributed by atoms with Gasteiger partial charge in [-0.3, -0.25) is 0 Å². The third kappa shape index (κ3) is 5.01. The number of pyridine rings is 2. The second-order valence-corrected chi connectivity index (χ2v) is 10.2. The predicted molar refractivity (Wildman–Crippen MR) is 138 cm³/mol. The minimum absolute atomic E-state index is 0.180. The number of aromatic nitrogens is 3. The smallest absolute Gasteiger partial charge is 0.151 e. The van der Waals surface area contributed by atoms with Crippen LogP contribution in [0.1, 0.15) is 81.3 Å². The molecule has 0 radical (unpaired) electrons. The molecular weight excluding hydrogens is 428 g/mol. The summed E-state index contributed by atoms with van der Waals surface area (Å²) in [5.74, 6) is 1.88. The largest absolute Gasteiger partial charge is 0.398 e. The maximum absolute atomic E-state index is 9.53. The van der Waals surface area contributed by atoms with E-state index in [2.05, 4.69) is 36.3 Å². The van der Waals surface area contributed by atoms with Gasteiger partial charge in [0, 0.05) is 35.6 Å². The van der Waals surface area contributed by atoms with Crippen LogP contribution in [0.3, 0.4) is 0 Å². The van der Waals surface area contributed by atoms with Crippen molar-refractivity contribution in [2.24, 2.45) is 5.41 Å². The van der Waals surface area contributed by atoms with Crippen molar-refractivity contribution in [3.63, 3.8) is 0 Å². The zero-order chi connectivity index (χ0) is 23.4. The number of fused-ring (bicyclic) bond motifs is 1. The third-order valence-corrected chi connectivity index (χ3v) is 7.87. The normalized spacial score (nSPS) is 21.6. The fraction of sp³-hybridized carbons (Fsp3) is 0.462. The van der Waals surface area contributed by atoms with Gasteiger partial charge in [-0.05, 0) is 51.5 Å². The van der Waals surface area contributed by atoms with Crippen LogP contribution in [0.4, 0.5) is 17.3 Å². The Hall–Kier alpha value is -2.98. The second kappa shape index (κ2) is 9.88. The number of aryl methyl sites for hydroxylation is 1. The van der Waals surface area contributed by atoms with Crippen LogP contribution in [0.25, 0.3) is 16.3 Å². The van der Waals surface area contributed by atoms with Crippen LogP contribution < -0.4 is 11.1 Å². The summed E-state index contributed by atoms with van der Waals surface area (Å²) in [6.45, 7) is 6.18. The molecule has 0 saturated heterocycles. The van der Waals surface area contributed by atoms with Crippen molar-refractivity contribution in [3.05, 3.63) is 40.7 Å². The van der Waals surface area contributed by atoms with Crippen molar-refractivity contribution < 1.29 is 0 Å². The summed E-state index contributed by atoms with van der Waals surface area (Å²) in [6.07, 6.45) is 14.8. The quantitative estimate of drug-likeness (QED) is 0.426. The maximum atomic E-state index is 9.53. The minimum Gasteiger partial charge on any atom is -0.398 e. The van der Waals surface area contributed by atoms with Crippen LogP contribution in [0.2, 0.25) is 0 Å². The van der Waals surface area contributed by atoms with E-state index in [0.29, 0.717) is 11.7 Å². The highest BCUT2D eigenvalue weighted by Gasteiger charge is 2.28. The van der Waals surface area contributed by atoms with Crippen LogP contribution >= 0.6 is 11.3 Å². The standard InChI is InChI=1S/C26H32N6S/c1-4-8-19-15-30-24(31-21-13-20(28)17(5-2)14-29-21)23-22(19)32-25(33-23)18-9-6-11-26(3,16-27)12-7-10-18/h4,8,13-15,18H,5-7,9-12H2,1-3H3,(H3,28,29,30,31). The van der Waals surface area contributed by atoms with Gasteiger partial charge in [0.05, 0.1) is 26.7 Å². The average Bonchev–Trinajstić information content (AvgIpc) is 3.24. The highest BCUT2D eigenvalue weighted by atomic mass is 32.1. The Balaban J connectivity index is 1.67. The highest BCUT2D eigenvalue weighted by Crippen LogP contribution is 2.42. The van der Waals surface area contributed by atoms with Gasteiger partial charge in [-0.25, -0.2) is 15.0 Å². The summed E-state index contributed by atoms with van der Waals surface area (Å²) in [5.41, 5.74) is 9.78. The number of hydrogen-bond acceptors (Lipinski definition) is 7. The minimum atomic E-state index is -0.180. The van der Waals surface area contributed by atoms with Gasteiger partial charge in [0.1, 0.15) is 5.82 Å². The van der Waals surface area contributed by atoms with Gasteiger partial charge in [-0.1, -0.05) is 31.9 Å². The Morgan fingerprint density at radius 1 is 1.27 bits per heavy atom. The Bertz CT molecular complexity index is 1200. The fourth-order valence-corrected chi connectivity index (χ4v) is 5.81. The molecule has 0 atom stereocenters. The molecule has 172 valence electrons. The van der Waals surface area contributed by atoms with Crippen molar-refractivity contribution in [2.75, 3.05) is 11.1 Å². The molecule has 0 amide bonds. The predicted octanol–water partition coefficient (Wildman–Crippen LogP) is 6.98. The number of anilines is 3. The number of hydrogen-bond donors (Lipinski definition) is 2. The number of nitrogens with zero attached hydrogens (tertiary/aromatic N) is 4. The highest BCUT2D eigenvalue weighted by molar-refractivity contribution is 7.19. The van der Waals surface area contributed by atoms with Crippen LogP contribution in [-0.4, -0.2) is 15.0 Å². The first kappa shape index (κ1) is 23.2. The zero-order valence-electron chi connectivity index (χ0n) is 19.7. The van der Waals surface area contributed by atoms with E-state index in [4.69, 9.17) is 15.7 Å².